The summed E-state index contributed by atoms with van der Waals surface area (Å²) in [5, 5.41) is 5.19. The first-order valence-corrected chi connectivity index (χ1v) is 7.53. The van der Waals surface area contributed by atoms with Crippen molar-refractivity contribution in [2.45, 2.75) is 0 Å². The number of carbonyl (C=O) groups excluding carboxylic acids is 1. The molecule has 0 aliphatic heterocycles. The van der Waals surface area contributed by atoms with Crippen molar-refractivity contribution in [3.8, 4) is 28.5 Å². The van der Waals surface area contributed by atoms with Crippen LogP contribution in [0.2, 0.25) is 0 Å². The molecule has 2 aromatic carbocycles. The second-order valence-electron chi connectivity index (χ2n) is 5.25. The van der Waals surface area contributed by atoms with E-state index < -0.39 is 6.16 Å². The van der Waals surface area contributed by atoms with Crippen LogP contribution in [0.1, 0.15) is 0 Å². The van der Waals surface area contributed by atoms with Crippen LogP contribution in [0.15, 0.2) is 36.4 Å². The van der Waals surface area contributed by atoms with Gasteiger partial charge in [-0.2, -0.15) is 5.10 Å². The van der Waals surface area contributed by atoms with E-state index in [2.05, 4.69) is 9.84 Å². The molecule has 1 heterocycles. The number of carbonyl (C=O) groups is 1. The quantitative estimate of drug-likeness (QED) is 0.677. The summed E-state index contributed by atoms with van der Waals surface area (Å²) in [5.41, 5.74) is 2.40. The maximum Gasteiger partial charge on any atom is 0.514 e. The summed E-state index contributed by atoms with van der Waals surface area (Å²) in [6.07, 6.45) is -0.794. The maximum absolute atomic E-state index is 11.5. The van der Waals surface area contributed by atoms with Gasteiger partial charge in [0.1, 0.15) is 17.0 Å². The van der Waals surface area contributed by atoms with Crippen molar-refractivity contribution < 1.29 is 23.7 Å². The summed E-state index contributed by atoms with van der Waals surface area (Å²) in [7, 11) is 6.16. The molecule has 0 unspecified atom stereocenters. The van der Waals surface area contributed by atoms with Gasteiger partial charge in [0.05, 0.1) is 26.7 Å². The number of ether oxygens (including phenoxy) is 4. The van der Waals surface area contributed by atoms with Crippen LogP contribution in [-0.4, -0.2) is 37.3 Å². The van der Waals surface area contributed by atoms with Crippen LogP contribution in [-0.2, 0) is 11.8 Å². The van der Waals surface area contributed by atoms with Crippen molar-refractivity contribution in [3.63, 3.8) is 0 Å². The van der Waals surface area contributed by atoms with E-state index in [4.69, 9.17) is 14.2 Å². The van der Waals surface area contributed by atoms with Crippen LogP contribution >= 0.6 is 0 Å². The largest absolute Gasteiger partial charge is 0.514 e. The second-order valence-corrected chi connectivity index (χ2v) is 5.25. The molecular weight excluding hydrogens is 324 g/mol. The molecule has 7 heteroatoms. The van der Waals surface area contributed by atoms with Crippen LogP contribution in [0.5, 0.6) is 17.4 Å². The topological polar surface area (TPSA) is 71.8 Å². The zero-order chi connectivity index (χ0) is 18.0. The molecule has 0 amide bonds. The van der Waals surface area contributed by atoms with Gasteiger partial charge in [0.2, 0.25) is 5.88 Å². The monoisotopic (exact) mass is 342 g/mol. The van der Waals surface area contributed by atoms with Gasteiger partial charge in [-0.25, -0.2) is 9.48 Å². The average molecular weight is 342 g/mol. The van der Waals surface area contributed by atoms with Crippen LogP contribution in [0, 0.1) is 0 Å². The Bertz CT molecular complexity index is 933. The van der Waals surface area contributed by atoms with Crippen LogP contribution in [0.3, 0.4) is 0 Å². The normalized spacial score (nSPS) is 10.6. The molecule has 130 valence electrons. The van der Waals surface area contributed by atoms with Gasteiger partial charge in [-0.3, -0.25) is 0 Å². The second kappa shape index (κ2) is 6.72. The maximum atomic E-state index is 11.5. The highest BCUT2D eigenvalue weighted by Gasteiger charge is 2.19. The van der Waals surface area contributed by atoms with Crippen molar-refractivity contribution in [1.82, 2.24) is 9.78 Å². The lowest BCUT2D eigenvalue weighted by Crippen LogP contribution is -2.10. The molecule has 3 rings (SSSR count). The molecule has 0 spiro atoms. The minimum Gasteiger partial charge on any atom is -0.497 e. The fourth-order valence-electron chi connectivity index (χ4n) is 2.67. The number of aromatic nitrogens is 2. The number of fused-ring (bicyclic) bond motifs is 1. The van der Waals surface area contributed by atoms with E-state index in [0.717, 1.165) is 11.1 Å². The molecule has 0 radical (unpaired) electrons. The molecule has 0 fully saturated rings. The first-order valence-electron chi connectivity index (χ1n) is 7.53. The van der Waals surface area contributed by atoms with Gasteiger partial charge < -0.3 is 18.9 Å². The average Bonchev–Trinajstić information content (AvgIpc) is 2.96. The number of hydrogen-bond donors (Lipinski definition) is 0. The Hall–Kier alpha value is -3.22. The highest BCUT2D eigenvalue weighted by molar-refractivity contribution is 5.98. The van der Waals surface area contributed by atoms with E-state index in [9.17, 15) is 4.79 Å². The summed E-state index contributed by atoms with van der Waals surface area (Å²) in [6.45, 7) is 0. The lowest BCUT2D eigenvalue weighted by atomic mass is 10.0. The number of hydrogen-bond acceptors (Lipinski definition) is 6. The highest BCUT2D eigenvalue weighted by atomic mass is 16.7. The van der Waals surface area contributed by atoms with Crippen molar-refractivity contribution in [2.75, 3.05) is 21.3 Å². The lowest BCUT2D eigenvalue weighted by Gasteiger charge is -2.11. The van der Waals surface area contributed by atoms with Crippen LogP contribution in [0.25, 0.3) is 22.0 Å². The zero-order valence-electron chi connectivity index (χ0n) is 14.4. The van der Waals surface area contributed by atoms with Gasteiger partial charge in [0.25, 0.3) is 0 Å². The molecule has 7 nitrogen and oxygen atoms in total. The van der Waals surface area contributed by atoms with Crippen LogP contribution in [0.4, 0.5) is 4.79 Å². The predicted octanol–water partition coefficient (Wildman–Crippen LogP) is 3.40. The molecule has 0 aliphatic rings. The Morgan fingerprint density at radius 2 is 1.84 bits per heavy atom. The molecule has 3 aromatic rings. The Morgan fingerprint density at radius 1 is 1.04 bits per heavy atom. The Morgan fingerprint density at radius 3 is 2.52 bits per heavy atom. The smallest absolute Gasteiger partial charge is 0.497 e. The third kappa shape index (κ3) is 2.96. The Kier molecular flexibility index (Phi) is 4.47. The first-order chi connectivity index (χ1) is 12.1. The molecule has 25 heavy (non-hydrogen) atoms. The number of benzene rings is 2. The van der Waals surface area contributed by atoms with E-state index in [1.54, 1.807) is 21.3 Å². The molecule has 0 bridgehead atoms. The van der Waals surface area contributed by atoms with Crippen molar-refractivity contribution in [3.05, 3.63) is 36.4 Å². The molecule has 0 aliphatic carbocycles. The van der Waals surface area contributed by atoms with Crippen molar-refractivity contribution in [1.29, 1.82) is 0 Å². The van der Waals surface area contributed by atoms with Gasteiger partial charge >= 0.3 is 6.16 Å². The Balaban J connectivity index is 2.19. The predicted molar refractivity (Wildman–Crippen MR) is 92.3 cm³/mol. The Labute approximate surface area is 144 Å². The van der Waals surface area contributed by atoms with E-state index >= 15 is 0 Å². The molecular formula is C18H18N2O5. The summed E-state index contributed by atoms with van der Waals surface area (Å²) in [5.74, 6) is 1.67. The van der Waals surface area contributed by atoms with E-state index in [0.29, 0.717) is 28.3 Å². The summed E-state index contributed by atoms with van der Waals surface area (Å²) in [4.78, 5) is 11.5. The number of rotatable bonds is 4. The summed E-state index contributed by atoms with van der Waals surface area (Å²) in [6, 6.07) is 11.2. The molecule has 1 aromatic heterocycles. The molecule has 0 N–H and O–H groups in total. The highest BCUT2D eigenvalue weighted by Crippen LogP contribution is 2.38. The van der Waals surface area contributed by atoms with Gasteiger partial charge in [0.15, 0.2) is 0 Å². The van der Waals surface area contributed by atoms with Crippen molar-refractivity contribution in [2.24, 2.45) is 7.05 Å². The van der Waals surface area contributed by atoms with Crippen LogP contribution < -0.4 is 14.2 Å². The third-order valence-corrected chi connectivity index (χ3v) is 3.86. The van der Waals surface area contributed by atoms with E-state index in [-0.39, 0.29) is 0 Å². The lowest BCUT2D eigenvalue weighted by molar-refractivity contribution is 0.118. The fraction of sp³-hybridized carbons (Fsp3) is 0.222. The van der Waals surface area contributed by atoms with Gasteiger partial charge in [-0.05, 0) is 18.2 Å². The van der Waals surface area contributed by atoms with Gasteiger partial charge in [-0.1, -0.05) is 12.1 Å². The molecule has 0 atom stereocenters. The zero-order valence-corrected chi connectivity index (χ0v) is 14.4. The number of aryl methyl sites for hydroxylation is 1. The van der Waals surface area contributed by atoms with Gasteiger partial charge in [0, 0.05) is 24.2 Å². The third-order valence-electron chi connectivity index (χ3n) is 3.86. The molecule has 0 saturated heterocycles. The molecule has 0 saturated carbocycles. The summed E-state index contributed by atoms with van der Waals surface area (Å²) >= 11 is 0. The van der Waals surface area contributed by atoms with Gasteiger partial charge in [-0.15, -0.1) is 0 Å². The minimum atomic E-state index is -0.794. The first kappa shape index (κ1) is 16.6. The SMILES string of the molecule is COC(=O)Oc1c2cccc(-c3ccc(OC)cc3OC)c2nn1C. The van der Waals surface area contributed by atoms with Crippen molar-refractivity contribution >= 4 is 17.1 Å². The number of methoxy groups -OCH3 is 3. The fourth-order valence-corrected chi connectivity index (χ4v) is 2.67. The van der Waals surface area contributed by atoms with E-state index in [1.165, 1.54) is 11.8 Å². The standard InChI is InChI=1S/C18H18N2O5/c1-20-17(25-18(21)24-4)14-7-5-6-13(16(14)19-20)12-9-8-11(22-2)10-15(12)23-3/h5-10H,1-4H3. The van der Waals surface area contributed by atoms with E-state index in [1.807, 2.05) is 36.4 Å². The minimum absolute atomic E-state index is 0.316. The number of nitrogens with zero attached hydrogens (tertiary/aromatic N) is 2. The summed E-state index contributed by atoms with van der Waals surface area (Å²) < 4.78 is 22.0.